The molecule has 70 valence electrons. The first kappa shape index (κ1) is 19.2. The van der Waals surface area contributed by atoms with Crippen molar-refractivity contribution in [2.24, 2.45) is 5.92 Å². The third-order valence-corrected chi connectivity index (χ3v) is 1.91. The van der Waals surface area contributed by atoms with Gasteiger partial charge in [-0.15, -0.1) is 6.61 Å². The Morgan fingerprint density at radius 2 is 1.50 bits per heavy atom. The summed E-state index contributed by atoms with van der Waals surface area (Å²) in [5.41, 5.74) is 0. The van der Waals surface area contributed by atoms with Gasteiger partial charge in [-0.2, -0.15) is 0 Å². The number of hydrogen-bond donors (Lipinski definition) is 0. The van der Waals surface area contributed by atoms with Gasteiger partial charge in [0.25, 0.3) is 0 Å². The van der Waals surface area contributed by atoms with Gasteiger partial charge in [0.15, 0.2) is 0 Å². The minimum atomic E-state index is 0. The first-order valence-electron chi connectivity index (χ1n) is 4.93. The van der Waals surface area contributed by atoms with E-state index in [1.807, 2.05) is 13.8 Å². The molecule has 0 saturated heterocycles. The van der Waals surface area contributed by atoms with E-state index in [2.05, 4.69) is 13.8 Å². The van der Waals surface area contributed by atoms with E-state index >= 15 is 0 Å². The van der Waals surface area contributed by atoms with Gasteiger partial charge in [0.1, 0.15) is 0 Å². The molecule has 0 rings (SSSR count). The van der Waals surface area contributed by atoms with Gasteiger partial charge in [0.2, 0.25) is 0 Å². The average Bonchev–Trinajstić information content (AvgIpc) is 2.10. The van der Waals surface area contributed by atoms with Gasteiger partial charge in [0.05, 0.1) is 0 Å². The Morgan fingerprint density at radius 3 is 1.75 bits per heavy atom. The van der Waals surface area contributed by atoms with Crippen LogP contribution in [0.15, 0.2) is 0 Å². The molecule has 0 aromatic rings. The molecule has 0 aliphatic heterocycles. The van der Waals surface area contributed by atoms with Crippen LogP contribution in [0.25, 0.3) is 0 Å². The zero-order valence-corrected chi connectivity index (χ0v) is 12.6. The Morgan fingerprint density at radius 1 is 1.08 bits per heavy atom. The molecule has 0 aliphatic carbocycles. The summed E-state index contributed by atoms with van der Waals surface area (Å²) in [5, 5.41) is 10.1. The van der Waals surface area contributed by atoms with Crippen molar-refractivity contribution in [1.29, 1.82) is 0 Å². The maximum absolute atomic E-state index is 10.1. The molecule has 0 aromatic carbocycles. The van der Waals surface area contributed by atoms with Crippen molar-refractivity contribution >= 4 is 0 Å². The van der Waals surface area contributed by atoms with E-state index in [0.29, 0.717) is 0 Å². The molecule has 0 bridgehead atoms. The quantitative estimate of drug-likeness (QED) is 0.551. The third kappa shape index (κ3) is 14.1. The van der Waals surface area contributed by atoms with Gasteiger partial charge in [-0.3, -0.25) is 0 Å². The van der Waals surface area contributed by atoms with Crippen molar-refractivity contribution in [3.05, 3.63) is 0 Å². The van der Waals surface area contributed by atoms with Crippen LogP contribution in [0, 0.1) is 5.92 Å². The molecule has 2 heteroatoms. The van der Waals surface area contributed by atoms with Gasteiger partial charge in [-0.25, -0.2) is 0 Å². The van der Waals surface area contributed by atoms with Crippen molar-refractivity contribution in [3.8, 4) is 0 Å². The van der Waals surface area contributed by atoms with E-state index in [1.165, 1.54) is 12.8 Å². The van der Waals surface area contributed by atoms with Crippen LogP contribution in [-0.4, -0.2) is 6.61 Å². The first-order valence-corrected chi connectivity index (χ1v) is 4.93. The minimum absolute atomic E-state index is 0. The molecule has 0 spiro atoms. The van der Waals surface area contributed by atoms with Crippen LogP contribution in [0.4, 0.5) is 0 Å². The molecule has 0 amide bonds. The van der Waals surface area contributed by atoms with Crippen molar-refractivity contribution in [2.75, 3.05) is 6.61 Å². The molecule has 0 N–H and O–H groups in total. The Labute approximate surface area is 121 Å². The van der Waals surface area contributed by atoms with Crippen LogP contribution in [0.2, 0.25) is 0 Å². The fourth-order valence-electron chi connectivity index (χ4n) is 1.07. The summed E-state index contributed by atoms with van der Waals surface area (Å²) in [6.45, 7) is 8.49. The Kier molecular flexibility index (Phi) is 29.5. The monoisotopic (exact) mass is 198 g/mol. The molecular weight excluding hydrogens is 175 g/mol. The molecule has 0 heterocycles. The van der Waals surface area contributed by atoms with Crippen LogP contribution >= 0.6 is 0 Å². The maximum atomic E-state index is 10.1. The zero-order chi connectivity index (χ0) is 9.11. The second-order valence-electron chi connectivity index (χ2n) is 2.53. The second kappa shape index (κ2) is 18.4. The van der Waals surface area contributed by atoms with Crippen LogP contribution in [-0.2, 0) is 0 Å². The van der Waals surface area contributed by atoms with E-state index in [1.54, 1.807) is 0 Å². The standard InChI is InChI=1S/C8H17O.C2H6.K/c1-3-8(4-2)6-5-7-9;1-2;/h8H,3-7H2,1-2H3;1-2H3;/q-1;;+1. The molecule has 0 aromatic heterocycles. The van der Waals surface area contributed by atoms with E-state index < -0.39 is 0 Å². The SMILES string of the molecule is CC.CCC(CC)CCC[O-].[K+]. The predicted octanol–water partition coefficient (Wildman–Crippen LogP) is -0.407. The average molecular weight is 198 g/mol. The summed E-state index contributed by atoms with van der Waals surface area (Å²) in [5.74, 6) is 0.805. The molecular formula is C10H23KO. The summed E-state index contributed by atoms with van der Waals surface area (Å²) < 4.78 is 0. The summed E-state index contributed by atoms with van der Waals surface area (Å²) in [4.78, 5) is 0. The van der Waals surface area contributed by atoms with Gasteiger partial charge in [0, 0.05) is 0 Å². The van der Waals surface area contributed by atoms with Crippen LogP contribution in [0.1, 0.15) is 53.4 Å². The van der Waals surface area contributed by atoms with Crippen molar-refractivity contribution in [2.45, 2.75) is 53.4 Å². The molecule has 0 atom stereocenters. The second-order valence-corrected chi connectivity index (χ2v) is 2.53. The number of rotatable bonds is 5. The van der Waals surface area contributed by atoms with E-state index in [4.69, 9.17) is 0 Å². The van der Waals surface area contributed by atoms with Crippen LogP contribution in [0.5, 0.6) is 0 Å². The maximum Gasteiger partial charge on any atom is 1.00 e. The Balaban J connectivity index is -0.000000249. The topological polar surface area (TPSA) is 23.1 Å². The molecule has 12 heavy (non-hydrogen) atoms. The molecule has 1 nitrogen and oxygen atoms in total. The fourth-order valence-corrected chi connectivity index (χ4v) is 1.07. The van der Waals surface area contributed by atoms with E-state index in [9.17, 15) is 5.11 Å². The molecule has 0 fully saturated rings. The van der Waals surface area contributed by atoms with Crippen molar-refractivity contribution in [1.82, 2.24) is 0 Å². The number of hydrogen-bond acceptors (Lipinski definition) is 1. The van der Waals surface area contributed by atoms with Gasteiger partial charge >= 0.3 is 51.4 Å². The summed E-state index contributed by atoms with van der Waals surface area (Å²) in [6.07, 6.45) is 4.47. The van der Waals surface area contributed by atoms with Gasteiger partial charge in [-0.05, 0) is 5.92 Å². The molecule has 0 saturated carbocycles. The fraction of sp³-hybridized carbons (Fsp3) is 1.00. The van der Waals surface area contributed by atoms with Crippen molar-refractivity contribution in [3.63, 3.8) is 0 Å². The van der Waals surface area contributed by atoms with E-state index in [-0.39, 0.29) is 58.0 Å². The largest absolute Gasteiger partial charge is 1.00 e. The van der Waals surface area contributed by atoms with Crippen LogP contribution in [0.3, 0.4) is 0 Å². The van der Waals surface area contributed by atoms with Crippen LogP contribution < -0.4 is 56.5 Å². The summed E-state index contributed by atoms with van der Waals surface area (Å²) >= 11 is 0. The minimum Gasteiger partial charge on any atom is -0.854 e. The Bertz CT molecular complexity index is 53.8. The van der Waals surface area contributed by atoms with Crippen molar-refractivity contribution < 1.29 is 56.5 Å². The molecule has 0 aliphatic rings. The normalized spacial score (nSPS) is 8.50. The predicted molar refractivity (Wildman–Crippen MR) is 49.5 cm³/mol. The molecule has 0 unspecified atom stereocenters. The zero-order valence-electron chi connectivity index (χ0n) is 9.52. The van der Waals surface area contributed by atoms with E-state index in [0.717, 1.165) is 18.8 Å². The van der Waals surface area contributed by atoms with Gasteiger partial charge in [-0.1, -0.05) is 53.4 Å². The smallest absolute Gasteiger partial charge is 0.854 e. The first-order chi connectivity index (χ1) is 5.35. The van der Waals surface area contributed by atoms with Gasteiger partial charge < -0.3 is 5.11 Å². The molecule has 0 radical (unpaired) electrons. The summed E-state index contributed by atoms with van der Waals surface area (Å²) in [6, 6.07) is 0. The third-order valence-electron chi connectivity index (χ3n) is 1.91. The summed E-state index contributed by atoms with van der Waals surface area (Å²) in [7, 11) is 0. The Hall–Kier alpha value is 1.60.